The molecule has 0 bridgehead atoms. The van der Waals surface area contributed by atoms with Gasteiger partial charge in [-0.2, -0.15) is 0 Å². The number of methoxy groups -OCH3 is 1. The molecule has 84 valence electrons. The summed E-state index contributed by atoms with van der Waals surface area (Å²) >= 11 is 0. The summed E-state index contributed by atoms with van der Waals surface area (Å²) in [5.41, 5.74) is 6.06. The lowest BCUT2D eigenvalue weighted by molar-refractivity contribution is 0.128. The first kappa shape index (κ1) is 12.0. The van der Waals surface area contributed by atoms with Crippen molar-refractivity contribution in [2.45, 2.75) is 32.2 Å². The third-order valence-corrected chi connectivity index (χ3v) is 3.22. The minimum absolute atomic E-state index is 0.429. The van der Waals surface area contributed by atoms with E-state index in [1.807, 2.05) is 0 Å². The van der Waals surface area contributed by atoms with Crippen molar-refractivity contribution in [3.63, 3.8) is 0 Å². The molecule has 1 rings (SSSR count). The third kappa shape index (κ3) is 3.56. The van der Waals surface area contributed by atoms with Crippen molar-refractivity contribution in [2.75, 3.05) is 33.4 Å². The van der Waals surface area contributed by atoms with Gasteiger partial charge in [0.05, 0.1) is 0 Å². The average Bonchev–Trinajstić information content (AvgIpc) is 2.21. The van der Waals surface area contributed by atoms with Gasteiger partial charge in [0.2, 0.25) is 0 Å². The molecule has 0 spiro atoms. The lowest BCUT2D eigenvalue weighted by Crippen LogP contribution is -2.47. The Morgan fingerprint density at radius 2 is 2.29 bits per heavy atom. The standard InChI is InChI=1S/C11H24N2O/c1-3-10-9-13(6-4-8-14-2)7-5-11(10)12/h10-11H,3-9,12H2,1-2H3. The van der Waals surface area contributed by atoms with Crippen LogP contribution >= 0.6 is 0 Å². The second-order valence-corrected chi connectivity index (χ2v) is 4.27. The van der Waals surface area contributed by atoms with Gasteiger partial charge in [-0.15, -0.1) is 0 Å². The first-order valence-corrected chi connectivity index (χ1v) is 5.74. The maximum atomic E-state index is 6.06. The largest absolute Gasteiger partial charge is 0.385 e. The molecular weight excluding hydrogens is 176 g/mol. The van der Waals surface area contributed by atoms with Gasteiger partial charge >= 0.3 is 0 Å². The predicted molar refractivity (Wildman–Crippen MR) is 59.3 cm³/mol. The molecule has 0 aromatic heterocycles. The van der Waals surface area contributed by atoms with Crippen LogP contribution in [-0.2, 0) is 4.74 Å². The van der Waals surface area contributed by atoms with Gasteiger partial charge in [-0.25, -0.2) is 0 Å². The van der Waals surface area contributed by atoms with E-state index in [0.29, 0.717) is 12.0 Å². The fourth-order valence-electron chi connectivity index (χ4n) is 2.19. The number of hydrogen-bond acceptors (Lipinski definition) is 3. The summed E-state index contributed by atoms with van der Waals surface area (Å²) in [6.45, 7) is 6.63. The summed E-state index contributed by atoms with van der Waals surface area (Å²) in [7, 11) is 1.76. The van der Waals surface area contributed by atoms with E-state index >= 15 is 0 Å². The van der Waals surface area contributed by atoms with Gasteiger partial charge in [0.1, 0.15) is 0 Å². The van der Waals surface area contributed by atoms with Crippen molar-refractivity contribution in [3.8, 4) is 0 Å². The molecule has 3 heteroatoms. The van der Waals surface area contributed by atoms with E-state index in [1.165, 1.54) is 19.5 Å². The number of hydrogen-bond donors (Lipinski definition) is 1. The lowest BCUT2D eigenvalue weighted by Gasteiger charge is -2.36. The van der Waals surface area contributed by atoms with E-state index in [1.54, 1.807) is 7.11 Å². The van der Waals surface area contributed by atoms with Crippen LogP contribution in [0.15, 0.2) is 0 Å². The Hall–Kier alpha value is -0.120. The van der Waals surface area contributed by atoms with E-state index in [-0.39, 0.29) is 0 Å². The van der Waals surface area contributed by atoms with Gasteiger partial charge in [-0.3, -0.25) is 0 Å². The molecule has 1 aliphatic rings. The zero-order valence-electron chi connectivity index (χ0n) is 9.54. The molecule has 1 aliphatic heterocycles. The number of piperidine rings is 1. The quantitative estimate of drug-likeness (QED) is 0.675. The Balaban J connectivity index is 2.21. The number of nitrogens with two attached hydrogens (primary N) is 1. The summed E-state index contributed by atoms with van der Waals surface area (Å²) in [4.78, 5) is 2.52. The van der Waals surface area contributed by atoms with Crippen LogP contribution in [0.25, 0.3) is 0 Å². The normalized spacial score (nSPS) is 29.4. The van der Waals surface area contributed by atoms with Crippen molar-refractivity contribution >= 4 is 0 Å². The maximum absolute atomic E-state index is 6.06. The minimum atomic E-state index is 0.429. The van der Waals surface area contributed by atoms with E-state index < -0.39 is 0 Å². The third-order valence-electron chi connectivity index (χ3n) is 3.22. The van der Waals surface area contributed by atoms with Crippen LogP contribution in [0.2, 0.25) is 0 Å². The molecule has 1 fully saturated rings. The van der Waals surface area contributed by atoms with Crippen molar-refractivity contribution < 1.29 is 4.74 Å². The molecule has 0 aromatic carbocycles. The molecule has 2 N–H and O–H groups in total. The highest BCUT2D eigenvalue weighted by Crippen LogP contribution is 2.18. The van der Waals surface area contributed by atoms with Crippen molar-refractivity contribution in [1.82, 2.24) is 4.90 Å². The Bertz CT molecular complexity index is 152. The topological polar surface area (TPSA) is 38.5 Å². The van der Waals surface area contributed by atoms with Crippen LogP contribution in [0.4, 0.5) is 0 Å². The van der Waals surface area contributed by atoms with E-state index in [4.69, 9.17) is 10.5 Å². The van der Waals surface area contributed by atoms with Crippen LogP contribution in [-0.4, -0.2) is 44.3 Å². The van der Waals surface area contributed by atoms with Crippen LogP contribution in [0.5, 0.6) is 0 Å². The molecule has 2 unspecified atom stereocenters. The second-order valence-electron chi connectivity index (χ2n) is 4.27. The van der Waals surface area contributed by atoms with E-state index in [0.717, 1.165) is 26.0 Å². The summed E-state index contributed by atoms with van der Waals surface area (Å²) in [6.07, 6.45) is 3.51. The van der Waals surface area contributed by atoms with Gasteiger partial charge in [0, 0.05) is 32.8 Å². The van der Waals surface area contributed by atoms with Crippen LogP contribution < -0.4 is 5.73 Å². The number of rotatable bonds is 5. The monoisotopic (exact) mass is 200 g/mol. The van der Waals surface area contributed by atoms with E-state index in [9.17, 15) is 0 Å². The molecule has 14 heavy (non-hydrogen) atoms. The molecule has 1 saturated heterocycles. The zero-order valence-corrected chi connectivity index (χ0v) is 9.54. The first-order valence-electron chi connectivity index (χ1n) is 5.74. The van der Waals surface area contributed by atoms with Gasteiger partial charge in [0.15, 0.2) is 0 Å². The average molecular weight is 200 g/mol. The smallest absolute Gasteiger partial charge is 0.0474 e. The van der Waals surface area contributed by atoms with Gasteiger partial charge in [0.25, 0.3) is 0 Å². The zero-order chi connectivity index (χ0) is 10.4. The second kappa shape index (κ2) is 6.38. The van der Waals surface area contributed by atoms with Gasteiger partial charge in [-0.1, -0.05) is 13.3 Å². The predicted octanol–water partition coefficient (Wildman–Crippen LogP) is 1.08. The Morgan fingerprint density at radius 3 is 2.93 bits per heavy atom. The number of likely N-dealkylation sites (tertiary alicyclic amines) is 1. The summed E-state index contributed by atoms with van der Waals surface area (Å²) in [5, 5.41) is 0. The molecule has 0 aliphatic carbocycles. The van der Waals surface area contributed by atoms with Crippen molar-refractivity contribution in [2.24, 2.45) is 11.7 Å². The summed E-state index contributed by atoms with van der Waals surface area (Å²) < 4.78 is 5.06. The molecule has 3 nitrogen and oxygen atoms in total. The molecule has 0 aromatic rings. The number of nitrogens with zero attached hydrogens (tertiary/aromatic N) is 1. The van der Waals surface area contributed by atoms with Crippen LogP contribution in [0.3, 0.4) is 0 Å². The van der Waals surface area contributed by atoms with Crippen LogP contribution in [0.1, 0.15) is 26.2 Å². The van der Waals surface area contributed by atoms with Gasteiger partial charge in [-0.05, 0) is 25.3 Å². The molecule has 0 amide bonds. The summed E-state index contributed by atoms with van der Waals surface area (Å²) in [5.74, 6) is 0.700. The highest BCUT2D eigenvalue weighted by atomic mass is 16.5. The summed E-state index contributed by atoms with van der Waals surface area (Å²) in [6, 6.07) is 0.429. The molecule has 2 atom stereocenters. The highest BCUT2D eigenvalue weighted by Gasteiger charge is 2.24. The van der Waals surface area contributed by atoms with Gasteiger partial charge < -0.3 is 15.4 Å². The first-order chi connectivity index (χ1) is 6.77. The van der Waals surface area contributed by atoms with Crippen molar-refractivity contribution in [1.29, 1.82) is 0 Å². The van der Waals surface area contributed by atoms with Crippen LogP contribution in [0, 0.1) is 5.92 Å². The Labute approximate surface area is 87.6 Å². The highest BCUT2D eigenvalue weighted by molar-refractivity contribution is 4.81. The SMILES string of the molecule is CCC1CN(CCCOC)CCC1N. The fraction of sp³-hybridized carbons (Fsp3) is 1.00. The fourth-order valence-corrected chi connectivity index (χ4v) is 2.19. The van der Waals surface area contributed by atoms with E-state index in [2.05, 4.69) is 11.8 Å². The maximum Gasteiger partial charge on any atom is 0.0474 e. The molecule has 0 radical (unpaired) electrons. The Kier molecular flexibility index (Phi) is 5.45. The van der Waals surface area contributed by atoms with Crippen molar-refractivity contribution in [3.05, 3.63) is 0 Å². The molecule has 0 saturated carbocycles. The molecular formula is C11H24N2O. The Morgan fingerprint density at radius 1 is 1.50 bits per heavy atom. The molecule has 1 heterocycles. The number of ether oxygens (including phenoxy) is 1. The minimum Gasteiger partial charge on any atom is -0.385 e. The lowest BCUT2D eigenvalue weighted by atomic mass is 9.91.